The highest BCUT2D eigenvalue weighted by atomic mass is 16.5. The van der Waals surface area contributed by atoms with Crippen molar-refractivity contribution in [3.63, 3.8) is 0 Å². The molecule has 0 radical (unpaired) electrons. The average molecular weight is 463 g/mol. The van der Waals surface area contributed by atoms with Gasteiger partial charge in [-0.1, -0.05) is 78.0 Å². The fourth-order valence-electron chi connectivity index (χ4n) is 3.74. The SMILES string of the molecule is NCc1cc(-c2ccccc2-c2ccccc2NC(=O)Nc2ccc(-c3ccccc3)nn2)no1. The minimum atomic E-state index is -0.427. The second-order valence-electron chi connectivity index (χ2n) is 7.72. The summed E-state index contributed by atoms with van der Waals surface area (Å²) in [6.07, 6.45) is 0. The molecule has 3 aromatic carbocycles. The predicted molar refractivity (Wildman–Crippen MR) is 135 cm³/mol. The Morgan fingerprint density at radius 2 is 1.46 bits per heavy atom. The zero-order valence-electron chi connectivity index (χ0n) is 18.7. The first-order valence-electron chi connectivity index (χ1n) is 11.0. The van der Waals surface area contributed by atoms with E-state index < -0.39 is 6.03 Å². The van der Waals surface area contributed by atoms with Crippen LogP contribution in [0, 0.1) is 0 Å². The Morgan fingerprint density at radius 3 is 2.17 bits per heavy atom. The molecule has 0 saturated heterocycles. The van der Waals surface area contributed by atoms with Crippen LogP contribution in [0.15, 0.2) is 102 Å². The van der Waals surface area contributed by atoms with Crippen molar-refractivity contribution in [2.75, 3.05) is 10.6 Å². The maximum atomic E-state index is 12.8. The lowest BCUT2D eigenvalue weighted by atomic mass is 9.96. The van der Waals surface area contributed by atoms with Crippen LogP contribution in [0.1, 0.15) is 5.76 Å². The minimum absolute atomic E-state index is 0.267. The van der Waals surface area contributed by atoms with Gasteiger partial charge in [-0.2, -0.15) is 0 Å². The molecular weight excluding hydrogens is 440 g/mol. The lowest BCUT2D eigenvalue weighted by Crippen LogP contribution is -2.20. The second kappa shape index (κ2) is 9.98. The lowest BCUT2D eigenvalue weighted by Gasteiger charge is -2.14. The Bertz CT molecular complexity index is 1450. The Morgan fingerprint density at radius 1 is 0.743 bits per heavy atom. The van der Waals surface area contributed by atoms with Gasteiger partial charge < -0.3 is 15.6 Å². The summed E-state index contributed by atoms with van der Waals surface area (Å²) in [4.78, 5) is 12.8. The van der Waals surface area contributed by atoms with Crippen LogP contribution in [0.5, 0.6) is 0 Å². The van der Waals surface area contributed by atoms with Gasteiger partial charge in [-0.3, -0.25) is 5.32 Å². The number of hydrogen-bond donors (Lipinski definition) is 3. The molecule has 0 saturated carbocycles. The number of carbonyl (C=O) groups is 1. The fourth-order valence-corrected chi connectivity index (χ4v) is 3.74. The van der Waals surface area contributed by atoms with Crippen molar-refractivity contribution in [3.05, 3.63) is 103 Å². The van der Waals surface area contributed by atoms with Crippen molar-refractivity contribution in [3.8, 4) is 33.6 Å². The molecule has 5 rings (SSSR count). The van der Waals surface area contributed by atoms with Crippen LogP contribution in [-0.4, -0.2) is 21.4 Å². The number of urea groups is 1. The average Bonchev–Trinajstić information content (AvgIpc) is 3.39. The van der Waals surface area contributed by atoms with Crippen LogP contribution in [0.2, 0.25) is 0 Å². The first-order valence-corrected chi connectivity index (χ1v) is 11.0. The van der Waals surface area contributed by atoms with Crippen molar-refractivity contribution in [2.24, 2.45) is 5.73 Å². The zero-order chi connectivity index (χ0) is 24.0. The van der Waals surface area contributed by atoms with Gasteiger partial charge in [-0.15, -0.1) is 10.2 Å². The number of carbonyl (C=O) groups excluding carboxylic acids is 1. The summed E-state index contributed by atoms with van der Waals surface area (Å²) in [5.74, 6) is 0.942. The predicted octanol–water partition coefficient (Wildman–Crippen LogP) is 5.57. The third kappa shape index (κ3) is 4.92. The van der Waals surface area contributed by atoms with Crippen LogP contribution in [0.4, 0.5) is 16.3 Å². The maximum Gasteiger partial charge on any atom is 0.324 e. The van der Waals surface area contributed by atoms with Crippen molar-refractivity contribution < 1.29 is 9.32 Å². The molecule has 2 aromatic heterocycles. The monoisotopic (exact) mass is 462 g/mol. The lowest BCUT2D eigenvalue weighted by molar-refractivity contribution is 0.262. The Balaban J connectivity index is 1.36. The van der Waals surface area contributed by atoms with Crippen LogP contribution in [0.25, 0.3) is 33.6 Å². The van der Waals surface area contributed by atoms with E-state index >= 15 is 0 Å². The number of amides is 2. The Hall–Kier alpha value is -4.82. The molecule has 0 aliphatic rings. The van der Waals surface area contributed by atoms with Gasteiger partial charge in [0.1, 0.15) is 5.69 Å². The van der Waals surface area contributed by atoms with Gasteiger partial charge in [0.05, 0.1) is 17.9 Å². The number of anilines is 2. The molecule has 172 valence electrons. The molecule has 35 heavy (non-hydrogen) atoms. The van der Waals surface area contributed by atoms with Crippen LogP contribution in [0.3, 0.4) is 0 Å². The summed E-state index contributed by atoms with van der Waals surface area (Å²) < 4.78 is 5.29. The number of hydrogen-bond acceptors (Lipinski definition) is 6. The largest absolute Gasteiger partial charge is 0.359 e. The van der Waals surface area contributed by atoms with Crippen molar-refractivity contribution in [1.82, 2.24) is 15.4 Å². The van der Waals surface area contributed by atoms with Crippen LogP contribution >= 0.6 is 0 Å². The number of nitrogens with one attached hydrogen (secondary N) is 2. The topological polar surface area (TPSA) is 119 Å². The third-order valence-corrected chi connectivity index (χ3v) is 5.40. The Kier molecular flexibility index (Phi) is 6.27. The van der Waals surface area contributed by atoms with Crippen LogP contribution in [-0.2, 0) is 6.54 Å². The van der Waals surface area contributed by atoms with Gasteiger partial charge in [-0.25, -0.2) is 4.79 Å². The summed E-state index contributed by atoms with van der Waals surface area (Å²) in [7, 11) is 0. The van der Waals surface area contributed by atoms with E-state index in [0.717, 1.165) is 27.9 Å². The van der Waals surface area contributed by atoms with Crippen molar-refractivity contribution in [1.29, 1.82) is 0 Å². The highest BCUT2D eigenvalue weighted by Crippen LogP contribution is 2.36. The number of nitrogens with zero attached hydrogens (tertiary/aromatic N) is 3. The summed E-state index contributed by atoms with van der Waals surface area (Å²) in [6, 6.07) is 30.0. The van der Waals surface area contributed by atoms with Gasteiger partial charge in [0.2, 0.25) is 0 Å². The van der Waals surface area contributed by atoms with E-state index in [9.17, 15) is 4.79 Å². The molecular formula is C27H22N6O2. The molecule has 4 N–H and O–H groups in total. The molecule has 8 heteroatoms. The zero-order valence-corrected chi connectivity index (χ0v) is 18.7. The summed E-state index contributed by atoms with van der Waals surface area (Å²) in [5, 5.41) is 18.1. The first kappa shape index (κ1) is 22.0. The second-order valence-corrected chi connectivity index (χ2v) is 7.72. The molecule has 0 fully saturated rings. The van der Waals surface area contributed by atoms with Gasteiger partial charge in [0.15, 0.2) is 11.6 Å². The number of benzene rings is 3. The summed E-state index contributed by atoms with van der Waals surface area (Å²) in [5.41, 5.74) is 11.3. The van der Waals surface area contributed by atoms with E-state index in [1.54, 1.807) is 6.07 Å². The molecule has 2 heterocycles. The van der Waals surface area contributed by atoms with Crippen LogP contribution < -0.4 is 16.4 Å². The first-order chi connectivity index (χ1) is 17.2. The maximum absolute atomic E-state index is 12.8. The van der Waals surface area contributed by atoms with Gasteiger partial charge in [-0.05, 0) is 23.8 Å². The third-order valence-electron chi connectivity index (χ3n) is 5.40. The van der Waals surface area contributed by atoms with Gasteiger partial charge in [0, 0.05) is 22.8 Å². The molecule has 0 unspecified atom stereocenters. The van der Waals surface area contributed by atoms with Crippen molar-refractivity contribution in [2.45, 2.75) is 6.54 Å². The molecule has 5 aromatic rings. The quantitative estimate of drug-likeness (QED) is 0.304. The molecule has 0 atom stereocenters. The van der Waals surface area contributed by atoms with E-state index in [1.165, 1.54) is 0 Å². The molecule has 8 nitrogen and oxygen atoms in total. The molecule has 0 aliphatic heterocycles. The highest BCUT2D eigenvalue weighted by Gasteiger charge is 2.15. The van der Waals surface area contributed by atoms with Gasteiger partial charge >= 0.3 is 6.03 Å². The molecule has 0 aliphatic carbocycles. The fraction of sp³-hybridized carbons (Fsp3) is 0.0370. The van der Waals surface area contributed by atoms with Crippen molar-refractivity contribution >= 4 is 17.5 Å². The van der Waals surface area contributed by atoms with E-state index in [4.69, 9.17) is 10.3 Å². The van der Waals surface area contributed by atoms with E-state index in [-0.39, 0.29) is 6.54 Å². The molecule has 2 amide bonds. The number of nitrogens with two attached hydrogens (primary N) is 1. The van der Waals surface area contributed by atoms with E-state index in [2.05, 4.69) is 26.0 Å². The molecule has 0 bridgehead atoms. The number of aromatic nitrogens is 3. The van der Waals surface area contributed by atoms with Gasteiger partial charge in [0.25, 0.3) is 0 Å². The number of rotatable bonds is 6. The van der Waals surface area contributed by atoms with E-state index in [0.29, 0.717) is 23.0 Å². The summed E-state index contributed by atoms with van der Waals surface area (Å²) >= 11 is 0. The standard InChI is InChI=1S/C27H22N6O2/c28-17-19-16-25(33-35-19)22-12-5-4-10-20(22)21-11-6-7-13-24(21)29-27(34)30-26-15-14-23(31-32-26)18-8-2-1-3-9-18/h1-16H,17,28H2,(H2,29,30,32,34). The highest BCUT2D eigenvalue weighted by molar-refractivity contribution is 6.02. The normalized spacial score (nSPS) is 10.7. The summed E-state index contributed by atoms with van der Waals surface area (Å²) in [6.45, 7) is 0.267. The smallest absolute Gasteiger partial charge is 0.324 e. The minimum Gasteiger partial charge on any atom is -0.359 e. The molecule has 0 spiro atoms. The number of para-hydroxylation sites is 1. The Labute approximate surface area is 201 Å². The van der Waals surface area contributed by atoms with E-state index in [1.807, 2.05) is 91.0 Å².